The van der Waals surface area contributed by atoms with Crippen molar-refractivity contribution < 1.29 is 24.9 Å². The highest BCUT2D eigenvalue weighted by molar-refractivity contribution is 5.99. The van der Waals surface area contributed by atoms with Gasteiger partial charge in [0, 0.05) is 42.2 Å². The highest BCUT2D eigenvalue weighted by Gasteiger charge is 2.97. The number of rotatable bonds is 0. The lowest BCUT2D eigenvalue weighted by molar-refractivity contribution is -0.259. The van der Waals surface area contributed by atoms with E-state index in [0.717, 1.165) is 0 Å². The summed E-state index contributed by atoms with van der Waals surface area (Å²) >= 11 is 0. The number of aliphatic hydroxyl groups excluding tert-OH is 2. The third kappa shape index (κ3) is 0.946. The number of fused-ring (bicyclic) bond motifs is 1. The normalized spacial score (nSPS) is 71.3. The molecule has 6 heteroatoms. The summed E-state index contributed by atoms with van der Waals surface area (Å²) in [6.07, 6.45) is -0.648. The second-order valence-electron chi connectivity index (χ2n) is 10.6. The van der Waals surface area contributed by atoms with Gasteiger partial charge in [-0.15, -0.1) is 0 Å². The highest BCUT2D eigenvalue weighted by Crippen LogP contribution is 2.86. The fraction of sp³-hybridized carbons (Fsp3) is 0.800. The Kier molecular flexibility index (Phi) is 2.01. The molecular weight excluding hydrogens is 334 g/mol. The molecule has 9 aliphatic rings. The third-order valence-electron chi connectivity index (χ3n) is 9.93. The first kappa shape index (κ1) is 14.9. The fourth-order valence-electron chi connectivity index (χ4n) is 10.1. The Morgan fingerprint density at radius 2 is 1.88 bits per heavy atom. The molecular formula is C20H23NO5. The molecule has 0 aromatic heterocycles. The van der Waals surface area contributed by atoms with E-state index in [1.807, 2.05) is 0 Å². The Hall–Kier alpha value is -1.08. The van der Waals surface area contributed by atoms with Gasteiger partial charge in [0.05, 0.1) is 24.2 Å². The van der Waals surface area contributed by atoms with E-state index in [1.54, 1.807) is 0 Å². The van der Waals surface area contributed by atoms with Crippen LogP contribution in [-0.4, -0.2) is 68.2 Å². The van der Waals surface area contributed by atoms with Crippen LogP contribution in [0.4, 0.5) is 0 Å². The number of carbonyl (C=O) groups is 2. The fourth-order valence-corrected chi connectivity index (χ4v) is 10.1. The number of carbonyl (C=O) groups excluding carboxylic acids is 2. The molecule has 12 unspecified atom stereocenters. The summed E-state index contributed by atoms with van der Waals surface area (Å²) in [6, 6.07) is -0.576. The molecule has 3 heterocycles. The van der Waals surface area contributed by atoms with Gasteiger partial charge in [-0.05, 0) is 17.8 Å². The minimum Gasteiger partial charge on any atom is -0.392 e. The Labute approximate surface area is 150 Å². The zero-order valence-electron chi connectivity index (χ0n) is 14.7. The predicted octanol–water partition coefficient (Wildman–Crippen LogP) is -0.734. The average molecular weight is 357 g/mol. The minimum absolute atomic E-state index is 0.0485. The van der Waals surface area contributed by atoms with E-state index >= 15 is 0 Å². The van der Waals surface area contributed by atoms with Gasteiger partial charge in [0.25, 0.3) is 0 Å². The van der Waals surface area contributed by atoms with Crippen molar-refractivity contribution in [2.24, 2.45) is 34.0 Å². The number of ketones is 2. The van der Waals surface area contributed by atoms with Crippen molar-refractivity contribution >= 4 is 11.6 Å². The van der Waals surface area contributed by atoms with E-state index in [0.29, 0.717) is 31.4 Å². The van der Waals surface area contributed by atoms with E-state index in [1.165, 1.54) is 0 Å². The van der Waals surface area contributed by atoms with E-state index in [4.69, 9.17) is 0 Å². The predicted molar refractivity (Wildman–Crippen MR) is 87.7 cm³/mol. The van der Waals surface area contributed by atoms with Gasteiger partial charge < -0.3 is 15.3 Å². The van der Waals surface area contributed by atoms with Gasteiger partial charge in [-0.1, -0.05) is 19.1 Å². The highest BCUT2D eigenvalue weighted by atomic mass is 16.3. The molecule has 0 aromatic rings. The van der Waals surface area contributed by atoms with Crippen LogP contribution in [0.1, 0.15) is 26.2 Å². The first-order chi connectivity index (χ1) is 12.2. The molecule has 3 aliphatic heterocycles. The second-order valence-corrected chi connectivity index (χ2v) is 10.6. The van der Waals surface area contributed by atoms with Crippen molar-refractivity contribution in [2.75, 3.05) is 6.54 Å². The van der Waals surface area contributed by atoms with Crippen LogP contribution >= 0.6 is 0 Å². The van der Waals surface area contributed by atoms with Gasteiger partial charge >= 0.3 is 0 Å². The van der Waals surface area contributed by atoms with Gasteiger partial charge in [-0.25, -0.2) is 0 Å². The van der Waals surface area contributed by atoms with Crippen molar-refractivity contribution in [1.29, 1.82) is 0 Å². The molecule has 0 aromatic carbocycles. The molecule has 9 fully saturated rings. The largest absolute Gasteiger partial charge is 0.392 e. The summed E-state index contributed by atoms with van der Waals surface area (Å²) in [4.78, 5) is 28.3. The van der Waals surface area contributed by atoms with Crippen molar-refractivity contribution in [2.45, 2.75) is 56.1 Å². The standard InChI is InChI=1S/C20H23NO5/c1-7-3-19-13-11(23)9(7)14(24)20(19,26)16-18(13)5-8(22)4-17(2)6-21(16)10(12(17)18)15(19)25/h9-13,15-16,23,25-26H,1,3-6H2,2H3. The van der Waals surface area contributed by atoms with E-state index in [9.17, 15) is 24.9 Å². The molecule has 3 saturated heterocycles. The summed E-state index contributed by atoms with van der Waals surface area (Å²) < 4.78 is 0. The van der Waals surface area contributed by atoms with Gasteiger partial charge in [-0.2, -0.15) is 0 Å². The number of piperidine rings is 2. The van der Waals surface area contributed by atoms with E-state index in [2.05, 4.69) is 18.4 Å². The quantitative estimate of drug-likeness (QED) is 0.495. The molecule has 0 amide bonds. The van der Waals surface area contributed by atoms with Gasteiger partial charge in [-0.3, -0.25) is 14.5 Å². The molecule has 9 bridgehead atoms. The molecule has 0 radical (unpaired) electrons. The van der Waals surface area contributed by atoms with Crippen LogP contribution in [0, 0.1) is 34.0 Å². The zero-order chi connectivity index (χ0) is 18.2. The van der Waals surface area contributed by atoms with Crippen molar-refractivity contribution in [3.63, 3.8) is 0 Å². The number of hydrogen-bond donors (Lipinski definition) is 3. The molecule has 26 heavy (non-hydrogen) atoms. The lowest BCUT2D eigenvalue weighted by atomic mass is 9.38. The first-order valence-corrected chi connectivity index (χ1v) is 9.74. The molecule has 6 nitrogen and oxygen atoms in total. The molecule has 6 aliphatic carbocycles. The van der Waals surface area contributed by atoms with Crippen LogP contribution in [0.5, 0.6) is 0 Å². The van der Waals surface area contributed by atoms with Crippen LogP contribution in [0.15, 0.2) is 12.2 Å². The van der Waals surface area contributed by atoms with Crippen molar-refractivity contribution in [3.8, 4) is 0 Å². The summed E-state index contributed by atoms with van der Waals surface area (Å²) in [5.41, 5.74) is -2.96. The van der Waals surface area contributed by atoms with Crippen LogP contribution in [0.3, 0.4) is 0 Å². The Bertz CT molecular complexity index is 870. The summed E-state index contributed by atoms with van der Waals surface area (Å²) in [5.74, 6) is -1.33. The molecule has 9 rings (SSSR count). The van der Waals surface area contributed by atoms with Crippen LogP contribution < -0.4 is 0 Å². The number of aliphatic hydroxyl groups is 3. The van der Waals surface area contributed by atoms with E-state index < -0.39 is 46.5 Å². The summed E-state index contributed by atoms with van der Waals surface area (Å²) in [7, 11) is 0. The minimum atomic E-state index is -1.67. The smallest absolute Gasteiger partial charge is 0.176 e. The Balaban J connectivity index is 1.62. The topological polar surface area (TPSA) is 98.1 Å². The second kappa shape index (κ2) is 3.50. The number of hydrogen-bond acceptors (Lipinski definition) is 6. The third-order valence-corrected chi connectivity index (χ3v) is 9.93. The molecule has 12 atom stereocenters. The maximum Gasteiger partial charge on any atom is 0.176 e. The maximum absolute atomic E-state index is 13.4. The first-order valence-electron chi connectivity index (χ1n) is 9.74. The Morgan fingerprint density at radius 1 is 1.15 bits per heavy atom. The lowest BCUT2D eigenvalue weighted by Gasteiger charge is -2.66. The SMILES string of the molecule is C=C1CC23C(O)C4C5C6(C)CC(=O)CC57C(N4C6)C2(O)C(=O)C1C(O)C73. The Morgan fingerprint density at radius 3 is 2.62 bits per heavy atom. The van der Waals surface area contributed by atoms with Crippen molar-refractivity contribution in [1.82, 2.24) is 4.90 Å². The number of Topliss-reactive ketones (excluding diaryl/α,β-unsaturated/α-hetero) is 2. The van der Waals surface area contributed by atoms with Gasteiger partial charge in [0.1, 0.15) is 11.4 Å². The summed E-state index contributed by atoms with van der Waals surface area (Å²) in [5, 5.41) is 34.7. The molecule has 6 saturated carbocycles. The maximum atomic E-state index is 13.4. The van der Waals surface area contributed by atoms with Gasteiger partial charge in [0.2, 0.25) is 0 Å². The van der Waals surface area contributed by atoms with Crippen LogP contribution in [0.25, 0.3) is 0 Å². The molecule has 2 spiro atoms. The lowest BCUT2D eigenvalue weighted by Crippen LogP contribution is -2.80. The monoisotopic (exact) mass is 357 g/mol. The van der Waals surface area contributed by atoms with Crippen molar-refractivity contribution in [3.05, 3.63) is 12.2 Å². The van der Waals surface area contributed by atoms with E-state index in [-0.39, 0.29) is 28.9 Å². The molecule has 3 N–H and O–H groups in total. The molecule has 138 valence electrons. The summed E-state index contributed by atoms with van der Waals surface area (Å²) in [6.45, 7) is 6.77. The zero-order valence-corrected chi connectivity index (χ0v) is 14.7. The average Bonchev–Trinajstić information content (AvgIpc) is 2.99. The van der Waals surface area contributed by atoms with Crippen LogP contribution in [0.2, 0.25) is 0 Å². The van der Waals surface area contributed by atoms with Gasteiger partial charge in [0.15, 0.2) is 5.78 Å². The van der Waals surface area contributed by atoms with Crippen LogP contribution in [-0.2, 0) is 9.59 Å². The number of nitrogens with zero attached hydrogens (tertiary/aromatic N) is 1.